The summed E-state index contributed by atoms with van der Waals surface area (Å²) in [7, 11) is 0. The van der Waals surface area contributed by atoms with E-state index in [2.05, 4.69) is 47.2 Å². The Kier molecular flexibility index (Phi) is 5.18. The lowest BCUT2D eigenvalue weighted by atomic mass is 9.95. The molecular weight excluding hydrogens is 326 g/mol. The molecule has 0 aliphatic heterocycles. The molecule has 2 aromatic carbocycles. The van der Waals surface area contributed by atoms with Crippen molar-refractivity contribution in [2.45, 2.75) is 26.8 Å². The van der Waals surface area contributed by atoms with Gasteiger partial charge in [0.2, 0.25) is 0 Å². The van der Waals surface area contributed by atoms with E-state index in [1.165, 1.54) is 0 Å². The molecule has 0 saturated carbocycles. The molecule has 2 aromatic rings. The maximum Gasteiger partial charge on any atom is 0.252 e. The lowest BCUT2D eigenvalue weighted by Gasteiger charge is -2.23. The average molecular weight is 346 g/mol. The van der Waals surface area contributed by atoms with Crippen LogP contribution in [0.2, 0.25) is 0 Å². The molecular formula is C18H20BrNO. The van der Waals surface area contributed by atoms with Crippen LogP contribution in [-0.2, 0) is 0 Å². The number of benzene rings is 2. The van der Waals surface area contributed by atoms with Gasteiger partial charge in [-0.25, -0.2) is 0 Å². The number of rotatable bonds is 4. The van der Waals surface area contributed by atoms with Crippen LogP contribution in [0, 0.1) is 12.8 Å². The molecule has 1 unspecified atom stereocenters. The van der Waals surface area contributed by atoms with Gasteiger partial charge in [-0.1, -0.05) is 56.3 Å². The van der Waals surface area contributed by atoms with Crippen molar-refractivity contribution in [2.75, 3.05) is 0 Å². The van der Waals surface area contributed by atoms with E-state index in [1.807, 2.05) is 43.3 Å². The molecule has 0 aliphatic rings. The van der Waals surface area contributed by atoms with E-state index in [1.54, 1.807) is 0 Å². The first-order valence-corrected chi connectivity index (χ1v) is 7.91. The standard InChI is InChI=1S/C18H20BrNO/c1-12(2)17(14-9-5-4-6-10-14)20-18(21)15-11-7-8-13(3)16(15)19/h4-12,17H,1-3H3,(H,20,21). The van der Waals surface area contributed by atoms with Gasteiger partial charge in [0.05, 0.1) is 11.6 Å². The molecule has 1 amide bonds. The fourth-order valence-corrected chi connectivity index (χ4v) is 2.78. The van der Waals surface area contributed by atoms with Gasteiger partial charge < -0.3 is 5.32 Å². The number of amides is 1. The SMILES string of the molecule is Cc1cccc(C(=O)NC(c2ccccc2)C(C)C)c1Br. The van der Waals surface area contributed by atoms with Crippen LogP contribution in [0.5, 0.6) is 0 Å². The second-order valence-corrected chi connectivity index (χ2v) is 6.34. The smallest absolute Gasteiger partial charge is 0.252 e. The van der Waals surface area contributed by atoms with E-state index in [0.29, 0.717) is 11.5 Å². The molecule has 0 radical (unpaired) electrons. The van der Waals surface area contributed by atoms with Gasteiger partial charge >= 0.3 is 0 Å². The topological polar surface area (TPSA) is 29.1 Å². The third kappa shape index (κ3) is 3.73. The zero-order valence-electron chi connectivity index (χ0n) is 12.6. The van der Waals surface area contributed by atoms with E-state index in [0.717, 1.165) is 15.6 Å². The summed E-state index contributed by atoms with van der Waals surface area (Å²) in [6.07, 6.45) is 0. The van der Waals surface area contributed by atoms with Crippen LogP contribution in [0.15, 0.2) is 53.0 Å². The summed E-state index contributed by atoms with van der Waals surface area (Å²) in [6, 6.07) is 15.8. The first kappa shape index (κ1) is 15.8. The summed E-state index contributed by atoms with van der Waals surface area (Å²) >= 11 is 3.50. The zero-order chi connectivity index (χ0) is 15.4. The highest BCUT2D eigenvalue weighted by Gasteiger charge is 2.20. The molecule has 2 rings (SSSR count). The van der Waals surface area contributed by atoms with Crippen LogP contribution < -0.4 is 5.32 Å². The Morgan fingerprint density at radius 3 is 2.33 bits per heavy atom. The molecule has 2 nitrogen and oxygen atoms in total. The Labute approximate surface area is 134 Å². The van der Waals surface area contributed by atoms with Gasteiger partial charge in [-0.2, -0.15) is 0 Å². The van der Waals surface area contributed by atoms with Crippen molar-refractivity contribution in [3.63, 3.8) is 0 Å². The van der Waals surface area contributed by atoms with Crippen LogP contribution in [0.25, 0.3) is 0 Å². The molecule has 21 heavy (non-hydrogen) atoms. The second-order valence-electron chi connectivity index (χ2n) is 5.54. The van der Waals surface area contributed by atoms with Crippen molar-refractivity contribution in [1.82, 2.24) is 5.32 Å². The van der Waals surface area contributed by atoms with Crippen molar-refractivity contribution in [3.8, 4) is 0 Å². The second kappa shape index (κ2) is 6.90. The van der Waals surface area contributed by atoms with Crippen LogP contribution in [-0.4, -0.2) is 5.91 Å². The van der Waals surface area contributed by atoms with Crippen molar-refractivity contribution >= 4 is 21.8 Å². The number of carbonyl (C=O) groups excluding carboxylic acids is 1. The maximum absolute atomic E-state index is 12.6. The quantitative estimate of drug-likeness (QED) is 0.840. The Bertz CT molecular complexity index is 622. The number of hydrogen-bond donors (Lipinski definition) is 1. The first-order valence-electron chi connectivity index (χ1n) is 7.11. The number of aryl methyl sites for hydroxylation is 1. The lowest BCUT2D eigenvalue weighted by molar-refractivity contribution is 0.0924. The predicted octanol–water partition coefficient (Wildman–Crippen LogP) is 4.88. The van der Waals surface area contributed by atoms with Gasteiger partial charge in [-0.15, -0.1) is 0 Å². The molecule has 0 aliphatic carbocycles. The summed E-state index contributed by atoms with van der Waals surface area (Å²) in [4.78, 5) is 12.6. The zero-order valence-corrected chi connectivity index (χ0v) is 14.1. The minimum Gasteiger partial charge on any atom is -0.345 e. The largest absolute Gasteiger partial charge is 0.345 e. The molecule has 0 heterocycles. The van der Waals surface area contributed by atoms with E-state index >= 15 is 0 Å². The monoisotopic (exact) mass is 345 g/mol. The van der Waals surface area contributed by atoms with Gasteiger partial charge in [0, 0.05) is 4.47 Å². The van der Waals surface area contributed by atoms with Gasteiger partial charge in [0.1, 0.15) is 0 Å². The fourth-order valence-electron chi connectivity index (χ4n) is 2.34. The summed E-state index contributed by atoms with van der Waals surface area (Å²) in [6.45, 7) is 6.21. The van der Waals surface area contributed by atoms with Gasteiger partial charge in [-0.05, 0) is 46.0 Å². The first-order chi connectivity index (χ1) is 10.0. The lowest BCUT2D eigenvalue weighted by Crippen LogP contribution is -2.32. The van der Waals surface area contributed by atoms with Crippen molar-refractivity contribution < 1.29 is 4.79 Å². The Morgan fingerprint density at radius 2 is 1.71 bits per heavy atom. The molecule has 1 N–H and O–H groups in total. The van der Waals surface area contributed by atoms with Crippen molar-refractivity contribution in [1.29, 1.82) is 0 Å². The Balaban J connectivity index is 2.25. The van der Waals surface area contributed by atoms with E-state index in [4.69, 9.17) is 0 Å². The highest BCUT2D eigenvalue weighted by molar-refractivity contribution is 9.10. The van der Waals surface area contributed by atoms with Crippen molar-refractivity contribution in [2.24, 2.45) is 5.92 Å². The number of hydrogen-bond acceptors (Lipinski definition) is 1. The summed E-state index contributed by atoms with van der Waals surface area (Å²) in [5.41, 5.74) is 2.87. The predicted molar refractivity (Wildman–Crippen MR) is 90.4 cm³/mol. The maximum atomic E-state index is 12.6. The summed E-state index contributed by atoms with van der Waals surface area (Å²) in [5.74, 6) is 0.271. The van der Waals surface area contributed by atoms with Gasteiger partial charge in [0.15, 0.2) is 0 Å². The minimum atomic E-state index is -0.0480. The molecule has 0 aromatic heterocycles. The third-order valence-electron chi connectivity index (χ3n) is 3.55. The highest BCUT2D eigenvalue weighted by atomic mass is 79.9. The molecule has 0 fully saturated rings. The Hall–Kier alpha value is -1.61. The fraction of sp³-hybridized carbons (Fsp3) is 0.278. The van der Waals surface area contributed by atoms with Crippen molar-refractivity contribution in [3.05, 3.63) is 69.7 Å². The van der Waals surface area contributed by atoms with Crippen LogP contribution in [0.4, 0.5) is 0 Å². The number of nitrogens with one attached hydrogen (secondary N) is 1. The summed E-state index contributed by atoms with van der Waals surface area (Å²) in [5, 5.41) is 3.15. The third-order valence-corrected chi connectivity index (χ3v) is 4.60. The summed E-state index contributed by atoms with van der Waals surface area (Å²) < 4.78 is 0.859. The number of halogens is 1. The van der Waals surface area contributed by atoms with E-state index in [-0.39, 0.29) is 11.9 Å². The van der Waals surface area contributed by atoms with E-state index in [9.17, 15) is 4.79 Å². The van der Waals surface area contributed by atoms with Crippen LogP contribution >= 0.6 is 15.9 Å². The molecule has 0 saturated heterocycles. The molecule has 1 atom stereocenters. The van der Waals surface area contributed by atoms with Crippen LogP contribution in [0.1, 0.15) is 41.4 Å². The average Bonchev–Trinajstić information content (AvgIpc) is 2.48. The molecule has 110 valence electrons. The number of carbonyl (C=O) groups is 1. The Morgan fingerprint density at radius 1 is 1.05 bits per heavy atom. The van der Waals surface area contributed by atoms with Crippen LogP contribution in [0.3, 0.4) is 0 Å². The van der Waals surface area contributed by atoms with E-state index < -0.39 is 0 Å². The molecule has 0 bridgehead atoms. The highest BCUT2D eigenvalue weighted by Crippen LogP contribution is 2.25. The van der Waals surface area contributed by atoms with Gasteiger partial charge in [-0.3, -0.25) is 4.79 Å². The molecule has 0 spiro atoms. The normalized spacial score (nSPS) is 12.2. The minimum absolute atomic E-state index is 0.00566. The van der Waals surface area contributed by atoms with Gasteiger partial charge in [0.25, 0.3) is 5.91 Å². The molecule has 3 heteroatoms.